The number of hydrogen-bond acceptors (Lipinski definition) is 0. The van der Waals surface area contributed by atoms with Crippen molar-refractivity contribution in [2.45, 2.75) is 18.0 Å². The molecule has 0 saturated carbocycles. The molecule has 0 bridgehead atoms. The lowest BCUT2D eigenvalue weighted by molar-refractivity contribution is -0.140. The zero-order valence-electron chi connectivity index (χ0n) is 10.6. The van der Waals surface area contributed by atoms with Crippen LogP contribution in [0.3, 0.4) is 0 Å². The van der Waals surface area contributed by atoms with Crippen LogP contribution in [0.25, 0.3) is 0 Å². The minimum atomic E-state index is -4.73. The number of alkyl halides is 4. The predicted octanol–water partition coefficient (Wildman–Crippen LogP) is 6.13. The van der Waals surface area contributed by atoms with E-state index in [4.69, 9.17) is 11.6 Å². The molecule has 6 heteroatoms. The summed E-state index contributed by atoms with van der Waals surface area (Å²) in [5.41, 5.74) is -0.174. The topological polar surface area (TPSA) is 0 Å². The number of halogens is 6. The van der Waals surface area contributed by atoms with Gasteiger partial charge in [0.1, 0.15) is 5.82 Å². The van der Waals surface area contributed by atoms with Crippen molar-refractivity contribution in [3.8, 4) is 0 Å². The van der Waals surface area contributed by atoms with Gasteiger partial charge in [0.25, 0.3) is 0 Å². The second-order valence-corrected chi connectivity index (χ2v) is 5.98. The van der Waals surface area contributed by atoms with Crippen molar-refractivity contribution in [3.05, 3.63) is 69.4 Å². The van der Waals surface area contributed by atoms with Crippen molar-refractivity contribution >= 4 is 27.5 Å². The van der Waals surface area contributed by atoms with Gasteiger partial charge in [0.15, 0.2) is 0 Å². The molecule has 112 valence electrons. The molecule has 0 aliphatic carbocycles. The van der Waals surface area contributed by atoms with Crippen LogP contribution in [-0.4, -0.2) is 0 Å². The molecule has 0 radical (unpaired) electrons. The van der Waals surface area contributed by atoms with Gasteiger partial charge in [0, 0.05) is 4.47 Å². The monoisotopic (exact) mass is 380 g/mol. The highest BCUT2D eigenvalue weighted by Gasteiger charge is 2.34. The quantitative estimate of drug-likeness (QED) is 0.443. The molecular formula is C15H10BrClF4. The summed E-state index contributed by atoms with van der Waals surface area (Å²) in [6, 6.07) is 10.2. The van der Waals surface area contributed by atoms with Gasteiger partial charge in [-0.3, -0.25) is 0 Å². The van der Waals surface area contributed by atoms with E-state index in [1.165, 1.54) is 6.07 Å². The van der Waals surface area contributed by atoms with Crippen LogP contribution >= 0.6 is 27.5 Å². The van der Waals surface area contributed by atoms with E-state index in [1.54, 1.807) is 0 Å². The lowest BCUT2D eigenvalue weighted by Gasteiger charge is -2.14. The van der Waals surface area contributed by atoms with Crippen molar-refractivity contribution in [1.29, 1.82) is 0 Å². The van der Waals surface area contributed by atoms with E-state index in [0.717, 1.165) is 22.2 Å². The molecule has 1 atom stereocenters. The molecule has 0 aliphatic heterocycles. The van der Waals surface area contributed by atoms with Gasteiger partial charge in [-0.05, 0) is 41.8 Å². The zero-order chi connectivity index (χ0) is 15.6. The lowest BCUT2D eigenvalue weighted by Crippen LogP contribution is -2.09. The molecule has 0 aromatic heterocycles. The molecule has 0 fully saturated rings. The van der Waals surface area contributed by atoms with Crippen molar-refractivity contribution in [2.75, 3.05) is 0 Å². The maximum atomic E-state index is 13.2. The largest absolute Gasteiger partial charge is 0.419 e. The summed E-state index contributed by atoms with van der Waals surface area (Å²) < 4.78 is 52.1. The molecular weight excluding hydrogens is 372 g/mol. The molecule has 0 spiro atoms. The Kier molecular flexibility index (Phi) is 4.94. The third-order valence-corrected chi connectivity index (χ3v) is 3.86. The van der Waals surface area contributed by atoms with Crippen molar-refractivity contribution in [1.82, 2.24) is 0 Å². The van der Waals surface area contributed by atoms with Gasteiger partial charge in [-0.1, -0.05) is 34.1 Å². The van der Waals surface area contributed by atoms with E-state index < -0.39 is 22.9 Å². The molecule has 0 N–H and O–H groups in total. The van der Waals surface area contributed by atoms with E-state index in [-0.39, 0.29) is 5.56 Å². The van der Waals surface area contributed by atoms with Crippen molar-refractivity contribution in [2.24, 2.45) is 0 Å². The first kappa shape index (κ1) is 16.3. The molecule has 0 aliphatic rings. The van der Waals surface area contributed by atoms with Crippen LogP contribution in [0.1, 0.15) is 22.1 Å². The van der Waals surface area contributed by atoms with E-state index in [2.05, 4.69) is 15.9 Å². The standard InChI is InChI=1S/C15H10BrClF4/c16-11-3-1-2-9(6-11)7-13(17)10-4-5-14(18)12(8-10)15(19,20)21/h1-6,8,13H,7H2. The Morgan fingerprint density at radius 1 is 1.10 bits per heavy atom. The summed E-state index contributed by atoms with van der Waals surface area (Å²) in [5, 5.41) is -0.666. The van der Waals surface area contributed by atoms with Crippen LogP contribution in [0.5, 0.6) is 0 Å². The van der Waals surface area contributed by atoms with Gasteiger partial charge in [0.2, 0.25) is 0 Å². The van der Waals surface area contributed by atoms with Crippen LogP contribution in [0.2, 0.25) is 0 Å². The average molecular weight is 382 g/mol. The Hall–Kier alpha value is -1.07. The number of rotatable bonds is 3. The Labute approximate surface area is 132 Å². The average Bonchev–Trinajstić information content (AvgIpc) is 2.37. The molecule has 1 unspecified atom stereocenters. The van der Waals surface area contributed by atoms with Crippen LogP contribution in [0, 0.1) is 5.82 Å². The summed E-state index contributed by atoms with van der Waals surface area (Å²) in [6.45, 7) is 0. The van der Waals surface area contributed by atoms with E-state index in [0.29, 0.717) is 6.42 Å². The van der Waals surface area contributed by atoms with Crippen LogP contribution < -0.4 is 0 Å². The van der Waals surface area contributed by atoms with Crippen LogP contribution in [-0.2, 0) is 12.6 Å². The summed E-state index contributed by atoms with van der Waals surface area (Å²) in [4.78, 5) is 0. The highest BCUT2D eigenvalue weighted by atomic mass is 79.9. The maximum Gasteiger partial charge on any atom is 0.419 e. The highest BCUT2D eigenvalue weighted by molar-refractivity contribution is 9.10. The Bertz CT molecular complexity index is 640. The highest BCUT2D eigenvalue weighted by Crippen LogP contribution is 2.35. The third-order valence-electron chi connectivity index (χ3n) is 2.96. The molecule has 0 heterocycles. The fourth-order valence-electron chi connectivity index (χ4n) is 1.94. The first-order chi connectivity index (χ1) is 9.77. The summed E-state index contributed by atoms with van der Waals surface area (Å²) in [5.74, 6) is -1.29. The molecule has 21 heavy (non-hydrogen) atoms. The maximum absolute atomic E-state index is 13.2. The third kappa shape index (κ3) is 4.20. The van der Waals surface area contributed by atoms with Crippen molar-refractivity contribution < 1.29 is 17.6 Å². The first-order valence-electron chi connectivity index (χ1n) is 6.02. The number of hydrogen-bond donors (Lipinski definition) is 0. The fraction of sp³-hybridized carbons (Fsp3) is 0.200. The second kappa shape index (κ2) is 6.36. The van der Waals surface area contributed by atoms with Gasteiger partial charge >= 0.3 is 6.18 Å². The van der Waals surface area contributed by atoms with Gasteiger partial charge in [0.05, 0.1) is 10.9 Å². The predicted molar refractivity (Wildman–Crippen MR) is 77.8 cm³/mol. The molecule has 2 rings (SSSR count). The zero-order valence-corrected chi connectivity index (χ0v) is 12.9. The minimum absolute atomic E-state index is 0.241. The number of benzene rings is 2. The molecule has 0 amide bonds. The molecule has 0 saturated heterocycles. The van der Waals surface area contributed by atoms with Crippen LogP contribution in [0.15, 0.2) is 46.9 Å². The Morgan fingerprint density at radius 2 is 1.81 bits per heavy atom. The summed E-state index contributed by atoms with van der Waals surface area (Å²) in [6.07, 6.45) is -4.38. The van der Waals surface area contributed by atoms with Gasteiger partial charge in [-0.25, -0.2) is 4.39 Å². The van der Waals surface area contributed by atoms with Gasteiger partial charge in [-0.2, -0.15) is 13.2 Å². The normalized spacial score (nSPS) is 13.2. The lowest BCUT2D eigenvalue weighted by atomic mass is 10.0. The van der Waals surface area contributed by atoms with Gasteiger partial charge in [-0.15, -0.1) is 11.6 Å². The summed E-state index contributed by atoms with van der Waals surface area (Å²) >= 11 is 9.48. The molecule has 2 aromatic carbocycles. The van der Waals surface area contributed by atoms with Gasteiger partial charge < -0.3 is 0 Å². The Morgan fingerprint density at radius 3 is 2.43 bits per heavy atom. The SMILES string of the molecule is Fc1ccc(C(Cl)Cc2cccc(Br)c2)cc1C(F)(F)F. The fourth-order valence-corrected chi connectivity index (χ4v) is 2.70. The van der Waals surface area contributed by atoms with Crippen LogP contribution in [0.4, 0.5) is 17.6 Å². The van der Waals surface area contributed by atoms with E-state index in [1.807, 2.05) is 24.3 Å². The Balaban J connectivity index is 2.25. The molecule has 0 nitrogen and oxygen atoms in total. The minimum Gasteiger partial charge on any atom is -0.206 e. The second-order valence-electron chi connectivity index (χ2n) is 4.54. The summed E-state index contributed by atoms with van der Waals surface area (Å²) in [7, 11) is 0. The van der Waals surface area contributed by atoms with Crippen molar-refractivity contribution in [3.63, 3.8) is 0 Å². The molecule has 2 aromatic rings. The smallest absolute Gasteiger partial charge is 0.206 e. The van der Waals surface area contributed by atoms with E-state index >= 15 is 0 Å². The first-order valence-corrected chi connectivity index (χ1v) is 7.25. The van der Waals surface area contributed by atoms with E-state index in [9.17, 15) is 17.6 Å².